The lowest BCUT2D eigenvalue weighted by Crippen LogP contribution is -2.47. The highest BCUT2D eigenvalue weighted by Gasteiger charge is 2.26. The summed E-state index contributed by atoms with van der Waals surface area (Å²) in [7, 11) is 0. The number of anilines is 2. The molecule has 0 unspecified atom stereocenters. The molecule has 2 aromatic rings. The van der Waals surface area contributed by atoms with E-state index in [1.54, 1.807) is 6.20 Å². The highest BCUT2D eigenvalue weighted by molar-refractivity contribution is 9.10. The van der Waals surface area contributed by atoms with Gasteiger partial charge >= 0.3 is 5.69 Å². The molecular formula is C17H19BrN4O2. The predicted octanol–water partition coefficient (Wildman–Crippen LogP) is 3.70. The largest absolute Gasteiger partial charge is 0.368 e. The molecule has 1 aliphatic rings. The summed E-state index contributed by atoms with van der Waals surface area (Å²) < 4.78 is 0.618. The lowest BCUT2D eigenvalue weighted by molar-refractivity contribution is -0.384. The van der Waals surface area contributed by atoms with Gasteiger partial charge in [0, 0.05) is 48.6 Å². The van der Waals surface area contributed by atoms with E-state index in [2.05, 4.69) is 57.9 Å². The van der Waals surface area contributed by atoms with E-state index in [0.717, 1.165) is 13.1 Å². The molecule has 0 saturated carbocycles. The molecule has 126 valence electrons. The molecule has 7 heteroatoms. The van der Waals surface area contributed by atoms with E-state index in [4.69, 9.17) is 0 Å². The Kier molecular flexibility index (Phi) is 4.71. The van der Waals surface area contributed by atoms with Crippen molar-refractivity contribution in [2.75, 3.05) is 36.0 Å². The van der Waals surface area contributed by atoms with Crippen molar-refractivity contribution in [3.05, 3.63) is 56.2 Å². The fourth-order valence-electron chi connectivity index (χ4n) is 3.04. The molecule has 0 amide bonds. The number of piperazine rings is 1. The number of halogens is 1. The summed E-state index contributed by atoms with van der Waals surface area (Å²) in [5.74, 6) is 0.448. The molecule has 0 atom stereocenters. The molecule has 3 rings (SSSR count). The lowest BCUT2D eigenvalue weighted by Gasteiger charge is -2.37. The third-order valence-corrected chi connectivity index (χ3v) is 4.94. The van der Waals surface area contributed by atoms with Crippen LogP contribution in [-0.2, 0) is 0 Å². The standard InChI is InChI=1S/C17H19BrN4O2/c1-12-4-3-5-15(13(12)2)20-6-8-21(9-7-20)17-16(22(23)24)10-14(18)11-19-17/h3-5,10-11H,6-9H2,1-2H3. The first kappa shape index (κ1) is 16.7. The molecule has 0 radical (unpaired) electrons. The average molecular weight is 391 g/mol. The Hall–Kier alpha value is -2.15. The minimum atomic E-state index is -0.371. The fraction of sp³-hybridized carbons (Fsp3) is 0.353. The zero-order valence-electron chi connectivity index (χ0n) is 13.7. The molecule has 1 aromatic carbocycles. The van der Waals surface area contributed by atoms with Gasteiger partial charge < -0.3 is 9.80 Å². The molecule has 1 fully saturated rings. The average Bonchev–Trinajstić information content (AvgIpc) is 2.57. The van der Waals surface area contributed by atoms with Gasteiger partial charge in [-0.25, -0.2) is 4.98 Å². The van der Waals surface area contributed by atoms with E-state index in [1.807, 2.05) is 4.90 Å². The zero-order valence-corrected chi connectivity index (χ0v) is 15.3. The third-order valence-electron chi connectivity index (χ3n) is 4.51. The van der Waals surface area contributed by atoms with Crippen LogP contribution in [0.5, 0.6) is 0 Å². The van der Waals surface area contributed by atoms with Crippen molar-refractivity contribution in [3.8, 4) is 0 Å². The van der Waals surface area contributed by atoms with Crippen LogP contribution in [0.2, 0.25) is 0 Å². The number of nitro groups is 1. The van der Waals surface area contributed by atoms with E-state index >= 15 is 0 Å². The molecule has 1 saturated heterocycles. The second-order valence-electron chi connectivity index (χ2n) is 5.95. The summed E-state index contributed by atoms with van der Waals surface area (Å²) >= 11 is 3.25. The van der Waals surface area contributed by atoms with Crippen molar-refractivity contribution < 1.29 is 4.92 Å². The van der Waals surface area contributed by atoms with Crippen LogP contribution in [0.1, 0.15) is 11.1 Å². The molecule has 0 aliphatic carbocycles. The highest BCUT2D eigenvalue weighted by atomic mass is 79.9. The summed E-state index contributed by atoms with van der Waals surface area (Å²) in [6, 6.07) is 7.84. The maximum absolute atomic E-state index is 11.3. The number of rotatable bonds is 3. The van der Waals surface area contributed by atoms with Gasteiger partial charge in [-0.05, 0) is 47.0 Å². The van der Waals surface area contributed by atoms with E-state index in [1.165, 1.54) is 22.9 Å². The summed E-state index contributed by atoms with van der Waals surface area (Å²) in [5.41, 5.74) is 3.86. The maximum atomic E-state index is 11.3. The van der Waals surface area contributed by atoms with Crippen LogP contribution in [0.3, 0.4) is 0 Å². The van der Waals surface area contributed by atoms with Gasteiger partial charge in [0.15, 0.2) is 0 Å². The van der Waals surface area contributed by atoms with Gasteiger partial charge in [0.2, 0.25) is 5.82 Å². The summed E-state index contributed by atoms with van der Waals surface area (Å²) in [6.45, 7) is 7.31. The monoisotopic (exact) mass is 390 g/mol. The van der Waals surface area contributed by atoms with Crippen molar-refractivity contribution in [2.45, 2.75) is 13.8 Å². The van der Waals surface area contributed by atoms with Crippen LogP contribution in [-0.4, -0.2) is 36.1 Å². The smallest absolute Gasteiger partial charge is 0.312 e. The molecular weight excluding hydrogens is 372 g/mol. The number of aryl methyl sites for hydroxylation is 1. The minimum absolute atomic E-state index is 0.0459. The number of benzene rings is 1. The van der Waals surface area contributed by atoms with Crippen LogP contribution in [0.25, 0.3) is 0 Å². The van der Waals surface area contributed by atoms with E-state index in [9.17, 15) is 10.1 Å². The number of aromatic nitrogens is 1. The van der Waals surface area contributed by atoms with Crippen LogP contribution in [0, 0.1) is 24.0 Å². The van der Waals surface area contributed by atoms with Crippen molar-refractivity contribution in [3.63, 3.8) is 0 Å². The van der Waals surface area contributed by atoms with Gasteiger partial charge in [0.05, 0.1) is 4.92 Å². The van der Waals surface area contributed by atoms with Crippen molar-refractivity contribution in [2.24, 2.45) is 0 Å². The number of hydrogen-bond donors (Lipinski definition) is 0. The van der Waals surface area contributed by atoms with Crippen molar-refractivity contribution >= 4 is 33.1 Å². The summed E-state index contributed by atoms with van der Waals surface area (Å²) in [6.07, 6.45) is 1.61. The van der Waals surface area contributed by atoms with Gasteiger partial charge in [-0.3, -0.25) is 10.1 Å². The van der Waals surface area contributed by atoms with E-state index in [0.29, 0.717) is 23.4 Å². The fourth-order valence-corrected chi connectivity index (χ4v) is 3.36. The number of nitrogens with zero attached hydrogens (tertiary/aromatic N) is 4. The van der Waals surface area contributed by atoms with Crippen LogP contribution in [0.4, 0.5) is 17.2 Å². The van der Waals surface area contributed by atoms with E-state index in [-0.39, 0.29) is 10.6 Å². The van der Waals surface area contributed by atoms with Gasteiger partial charge in [-0.1, -0.05) is 12.1 Å². The molecule has 0 bridgehead atoms. The Labute approximate surface area is 149 Å². The Bertz CT molecular complexity index is 773. The Morgan fingerprint density at radius 2 is 1.83 bits per heavy atom. The second kappa shape index (κ2) is 6.76. The first-order chi connectivity index (χ1) is 11.5. The topological polar surface area (TPSA) is 62.5 Å². The first-order valence-electron chi connectivity index (χ1n) is 7.83. The molecule has 1 aromatic heterocycles. The normalized spacial score (nSPS) is 14.8. The van der Waals surface area contributed by atoms with Crippen molar-refractivity contribution in [1.29, 1.82) is 0 Å². The Morgan fingerprint density at radius 3 is 2.50 bits per heavy atom. The molecule has 24 heavy (non-hydrogen) atoms. The Morgan fingerprint density at radius 1 is 1.17 bits per heavy atom. The van der Waals surface area contributed by atoms with Crippen LogP contribution >= 0.6 is 15.9 Å². The number of hydrogen-bond acceptors (Lipinski definition) is 5. The minimum Gasteiger partial charge on any atom is -0.368 e. The zero-order chi connectivity index (χ0) is 17.3. The van der Waals surface area contributed by atoms with Gasteiger partial charge in [0.1, 0.15) is 0 Å². The molecule has 2 heterocycles. The maximum Gasteiger partial charge on any atom is 0.312 e. The molecule has 6 nitrogen and oxygen atoms in total. The lowest BCUT2D eigenvalue weighted by atomic mass is 10.1. The van der Waals surface area contributed by atoms with Gasteiger partial charge in [0.25, 0.3) is 0 Å². The van der Waals surface area contributed by atoms with Gasteiger partial charge in [-0.15, -0.1) is 0 Å². The summed E-state index contributed by atoms with van der Waals surface area (Å²) in [4.78, 5) is 19.5. The molecule has 0 N–H and O–H groups in total. The van der Waals surface area contributed by atoms with Gasteiger partial charge in [-0.2, -0.15) is 0 Å². The van der Waals surface area contributed by atoms with Crippen LogP contribution < -0.4 is 9.80 Å². The number of pyridine rings is 1. The Balaban J connectivity index is 1.78. The predicted molar refractivity (Wildman–Crippen MR) is 98.9 cm³/mol. The van der Waals surface area contributed by atoms with Crippen molar-refractivity contribution in [1.82, 2.24) is 4.98 Å². The SMILES string of the molecule is Cc1cccc(N2CCN(c3ncc(Br)cc3[N+](=O)[O-])CC2)c1C. The highest BCUT2D eigenvalue weighted by Crippen LogP contribution is 2.30. The molecule has 1 aliphatic heterocycles. The van der Waals surface area contributed by atoms with E-state index < -0.39 is 0 Å². The first-order valence-corrected chi connectivity index (χ1v) is 8.62. The second-order valence-corrected chi connectivity index (χ2v) is 6.86. The third kappa shape index (κ3) is 3.21. The summed E-state index contributed by atoms with van der Waals surface area (Å²) in [5, 5.41) is 11.3. The van der Waals surface area contributed by atoms with Crippen LogP contribution in [0.15, 0.2) is 34.9 Å². The quantitative estimate of drug-likeness (QED) is 0.590. The molecule has 0 spiro atoms.